The van der Waals surface area contributed by atoms with E-state index in [1.807, 2.05) is 0 Å². The largest absolute Gasteiger partial charge is 0.381 e. The number of hydrogen-bond donors (Lipinski definition) is 0. The molecule has 40 heavy (non-hydrogen) atoms. The second kappa shape index (κ2) is 19.1. The maximum atomic E-state index is 5.48. The molecule has 0 radical (unpaired) electrons. The highest BCUT2D eigenvalue weighted by Gasteiger charge is 2.38. The third-order valence-electron chi connectivity index (χ3n) is 8.61. The first-order valence-electron chi connectivity index (χ1n) is 16.4. The molecule has 0 amide bonds. The van der Waals surface area contributed by atoms with E-state index in [0.29, 0.717) is 18.3 Å². The Morgan fingerprint density at radius 3 is 1.23 bits per heavy atom. The monoisotopic (exact) mass is 573 g/mol. The standard InChI is InChI=1S/2C7H14O.2C6H12O.2C4H8O/c1-4-6-5-8-7(6,2)3;1-4-6-5-7(2,3)8-6;1-5(2)6-3-7-4-6;1-5(2)6-3-4-7-6;1-4-2-5-3-4;1-4-2-3-5-4/h2*6H,4-5H2,1-3H3;2*5-6H,3-4H2,1-2H3;2*4H,2-3H2,1H3. The topological polar surface area (TPSA) is 55.4 Å². The molecule has 0 saturated carbocycles. The molecular weight excluding hydrogens is 504 g/mol. The normalized spacial score (nSPS) is 30.8. The van der Waals surface area contributed by atoms with E-state index in [1.165, 1.54) is 32.1 Å². The highest BCUT2D eigenvalue weighted by molar-refractivity contribution is 4.86. The van der Waals surface area contributed by atoms with Gasteiger partial charge in [-0.1, -0.05) is 48.5 Å². The molecule has 0 aromatic heterocycles. The minimum Gasteiger partial charge on any atom is -0.381 e. The van der Waals surface area contributed by atoms with Crippen LogP contribution in [0.4, 0.5) is 0 Å². The fraction of sp³-hybridized carbons (Fsp3) is 1.00. The molecule has 6 aliphatic rings. The third-order valence-corrected chi connectivity index (χ3v) is 8.61. The zero-order chi connectivity index (χ0) is 30.3. The van der Waals surface area contributed by atoms with Crippen molar-refractivity contribution in [1.29, 1.82) is 0 Å². The second-order valence-electron chi connectivity index (χ2n) is 14.2. The van der Waals surface area contributed by atoms with Gasteiger partial charge in [-0.05, 0) is 72.1 Å². The molecule has 0 N–H and O–H groups in total. The van der Waals surface area contributed by atoms with Gasteiger partial charge in [0.1, 0.15) is 0 Å². The predicted octanol–water partition coefficient (Wildman–Crippen LogP) is 7.95. The van der Waals surface area contributed by atoms with Crippen LogP contribution in [0.1, 0.15) is 115 Å². The fourth-order valence-corrected chi connectivity index (χ4v) is 4.49. The van der Waals surface area contributed by atoms with Crippen LogP contribution < -0.4 is 0 Å². The Hall–Kier alpha value is -0.240. The van der Waals surface area contributed by atoms with Gasteiger partial charge in [-0.25, -0.2) is 0 Å². The summed E-state index contributed by atoms with van der Waals surface area (Å²) in [5.41, 5.74) is 0.384. The van der Waals surface area contributed by atoms with Crippen molar-refractivity contribution in [3.05, 3.63) is 0 Å². The van der Waals surface area contributed by atoms with E-state index in [0.717, 1.165) is 75.8 Å². The minimum atomic E-state index is 0.189. The van der Waals surface area contributed by atoms with Crippen LogP contribution in [-0.4, -0.2) is 75.8 Å². The van der Waals surface area contributed by atoms with Crippen molar-refractivity contribution in [1.82, 2.24) is 0 Å². The minimum absolute atomic E-state index is 0.189. The average molecular weight is 573 g/mol. The Morgan fingerprint density at radius 2 is 1.20 bits per heavy atom. The summed E-state index contributed by atoms with van der Waals surface area (Å²) in [5.74, 6) is 4.07. The van der Waals surface area contributed by atoms with Crippen LogP contribution in [0.5, 0.6) is 0 Å². The Bertz CT molecular complexity index is 578. The van der Waals surface area contributed by atoms with Crippen LogP contribution in [0.2, 0.25) is 0 Å². The van der Waals surface area contributed by atoms with E-state index in [2.05, 4.69) is 83.1 Å². The SMILES string of the molecule is CC(C)C1CCO1.CC(C)C1COC1.CC1CCO1.CC1COC1.CCC1CC(C)(C)O1.CCC1COC1(C)C. The molecule has 0 bridgehead atoms. The molecule has 6 rings (SSSR count). The molecule has 6 saturated heterocycles. The summed E-state index contributed by atoms with van der Waals surface area (Å²) in [6.07, 6.45) is 7.91. The summed E-state index contributed by atoms with van der Waals surface area (Å²) in [6.45, 7) is 33.0. The van der Waals surface area contributed by atoms with E-state index >= 15 is 0 Å². The van der Waals surface area contributed by atoms with Gasteiger partial charge in [0.2, 0.25) is 0 Å². The molecule has 6 fully saturated rings. The van der Waals surface area contributed by atoms with Gasteiger partial charge in [-0.2, -0.15) is 0 Å². The summed E-state index contributed by atoms with van der Waals surface area (Å²) in [7, 11) is 0. The van der Waals surface area contributed by atoms with Crippen LogP contribution in [0, 0.1) is 29.6 Å². The molecule has 4 atom stereocenters. The van der Waals surface area contributed by atoms with Crippen molar-refractivity contribution in [3.63, 3.8) is 0 Å². The highest BCUT2D eigenvalue weighted by atomic mass is 16.5. The van der Waals surface area contributed by atoms with Gasteiger partial charge in [0.25, 0.3) is 0 Å². The lowest BCUT2D eigenvalue weighted by atomic mass is 9.84. The number of rotatable bonds is 4. The van der Waals surface area contributed by atoms with Gasteiger partial charge in [-0.15, -0.1) is 0 Å². The van der Waals surface area contributed by atoms with Gasteiger partial charge in [0.15, 0.2) is 0 Å². The van der Waals surface area contributed by atoms with Gasteiger partial charge in [0, 0.05) is 37.4 Å². The van der Waals surface area contributed by atoms with Gasteiger partial charge >= 0.3 is 0 Å². The van der Waals surface area contributed by atoms with Crippen LogP contribution in [0.15, 0.2) is 0 Å². The molecule has 6 nitrogen and oxygen atoms in total. The van der Waals surface area contributed by atoms with Crippen molar-refractivity contribution < 1.29 is 28.4 Å². The Morgan fingerprint density at radius 1 is 0.725 bits per heavy atom. The van der Waals surface area contributed by atoms with Crippen molar-refractivity contribution in [2.45, 2.75) is 145 Å². The van der Waals surface area contributed by atoms with Gasteiger partial charge < -0.3 is 28.4 Å². The molecule has 240 valence electrons. The summed E-state index contributed by atoms with van der Waals surface area (Å²) in [6, 6.07) is 0. The average Bonchev–Trinajstić information content (AvgIpc) is 2.73. The maximum absolute atomic E-state index is 5.48. The molecule has 6 aliphatic heterocycles. The zero-order valence-corrected chi connectivity index (χ0v) is 28.6. The van der Waals surface area contributed by atoms with Crippen LogP contribution in [-0.2, 0) is 28.4 Å². The first-order chi connectivity index (χ1) is 18.7. The zero-order valence-electron chi connectivity index (χ0n) is 28.6. The fourth-order valence-electron chi connectivity index (χ4n) is 4.49. The number of ether oxygens (including phenoxy) is 6. The van der Waals surface area contributed by atoms with Crippen molar-refractivity contribution in [2.24, 2.45) is 29.6 Å². The maximum Gasteiger partial charge on any atom is 0.0676 e. The lowest BCUT2D eigenvalue weighted by Gasteiger charge is -2.44. The van der Waals surface area contributed by atoms with E-state index in [-0.39, 0.29) is 11.2 Å². The Labute approximate surface area is 248 Å². The van der Waals surface area contributed by atoms with Crippen molar-refractivity contribution in [2.75, 3.05) is 46.2 Å². The summed E-state index contributed by atoms with van der Waals surface area (Å²) < 4.78 is 30.8. The molecule has 0 aromatic rings. The molecule has 6 heterocycles. The predicted molar refractivity (Wildman–Crippen MR) is 166 cm³/mol. The lowest BCUT2D eigenvalue weighted by molar-refractivity contribution is -0.184. The summed E-state index contributed by atoms with van der Waals surface area (Å²) in [5, 5.41) is 0. The highest BCUT2D eigenvalue weighted by Crippen LogP contribution is 2.34. The summed E-state index contributed by atoms with van der Waals surface area (Å²) in [4.78, 5) is 0. The van der Waals surface area contributed by atoms with Crippen LogP contribution in [0.25, 0.3) is 0 Å². The van der Waals surface area contributed by atoms with Gasteiger partial charge in [0.05, 0.1) is 62.5 Å². The van der Waals surface area contributed by atoms with E-state index in [9.17, 15) is 0 Å². The quantitative estimate of drug-likeness (QED) is 0.341. The first-order valence-corrected chi connectivity index (χ1v) is 16.4. The van der Waals surface area contributed by atoms with E-state index < -0.39 is 0 Å². The molecular formula is C34H68O6. The van der Waals surface area contributed by atoms with E-state index in [4.69, 9.17) is 28.4 Å². The molecule has 6 heteroatoms. The van der Waals surface area contributed by atoms with E-state index in [1.54, 1.807) is 0 Å². The van der Waals surface area contributed by atoms with Crippen molar-refractivity contribution >= 4 is 0 Å². The first kappa shape index (κ1) is 37.8. The second-order valence-corrected chi connectivity index (χ2v) is 14.2. The third kappa shape index (κ3) is 15.3. The molecule has 0 aromatic carbocycles. The lowest BCUT2D eigenvalue weighted by Crippen LogP contribution is -2.48. The Balaban J connectivity index is 0.000000242. The molecule has 0 spiro atoms. The summed E-state index contributed by atoms with van der Waals surface area (Å²) >= 11 is 0. The molecule has 4 unspecified atom stereocenters. The smallest absolute Gasteiger partial charge is 0.0676 e. The van der Waals surface area contributed by atoms with Gasteiger partial charge in [-0.3, -0.25) is 0 Å². The molecule has 0 aliphatic carbocycles. The van der Waals surface area contributed by atoms with Crippen LogP contribution in [0.3, 0.4) is 0 Å². The Kier molecular flexibility index (Phi) is 18.1. The van der Waals surface area contributed by atoms with Crippen molar-refractivity contribution in [3.8, 4) is 0 Å². The number of hydrogen-bond acceptors (Lipinski definition) is 6. The van der Waals surface area contributed by atoms with Crippen LogP contribution >= 0.6 is 0 Å².